The molecule has 0 nitrogen and oxygen atoms in total. The van der Waals surface area contributed by atoms with Crippen molar-refractivity contribution >= 4 is 11.6 Å². The van der Waals surface area contributed by atoms with E-state index in [4.69, 9.17) is 11.6 Å². The van der Waals surface area contributed by atoms with Crippen molar-refractivity contribution in [3.8, 4) is 11.8 Å². The van der Waals surface area contributed by atoms with Crippen LogP contribution in [0.25, 0.3) is 0 Å². The second kappa shape index (κ2) is 5.97. The third kappa shape index (κ3) is 2.80. The highest BCUT2D eigenvalue weighted by Crippen LogP contribution is 2.37. The average Bonchev–Trinajstić information content (AvgIpc) is 2.24. The standard InChI is InChI=1S/C15H17Cl/c16-12-5-1-2-7-13-8-3-4-11-15(13)14-9-6-10-14/h3-4,8,11,14H,1,5-6,9-10,12H2. The van der Waals surface area contributed by atoms with Gasteiger partial charge < -0.3 is 0 Å². The minimum Gasteiger partial charge on any atom is -0.127 e. The zero-order valence-electron chi connectivity index (χ0n) is 9.51. The minimum atomic E-state index is 0.707. The molecule has 0 aliphatic heterocycles. The van der Waals surface area contributed by atoms with Crippen LogP contribution in [-0.4, -0.2) is 5.88 Å². The molecular formula is C15H17Cl. The predicted molar refractivity (Wildman–Crippen MR) is 69.9 cm³/mol. The van der Waals surface area contributed by atoms with Crippen LogP contribution in [-0.2, 0) is 0 Å². The van der Waals surface area contributed by atoms with Gasteiger partial charge in [0.05, 0.1) is 0 Å². The van der Waals surface area contributed by atoms with E-state index in [0.29, 0.717) is 5.88 Å². The normalized spacial score (nSPS) is 15.1. The van der Waals surface area contributed by atoms with Gasteiger partial charge in [0.15, 0.2) is 0 Å². The van der Waals surface area contributed by atoms with Crippen molar-refractivity contribution < 1.29 is 0 Å². The molecule has 0 radical (unpaired) electrons. The molecule has 2 rings (SSSR count). The molecule has 0 N–H and O–H groups in total. The number of halogens is 1. The zero-order chi connectivity index (χ0) is 11.2. The van der Waals surface area contributed by atoms with Gasteiger partial charge in [-0.15, -0.1) is 11.6 Å². The molecule has 16 heavy (non-hydrogen) atoms. The van der Waals surface area contributed by atoms with Crippen molar-refractivity contribution in [1.82, 2.24) is 0 Å². The Bertz CT molecular complexity index is 393. The van der Waals surface area contributed by atoms with Gasteiger partial charge in [-0.3, -0.25) is 0 Å². The monoisotopic (exact) mass is 232 g/mol. The molecule has 1 aliphatic rings. The smallest absolute Gasteiger partial charge is 0.0280 e. The first-order valence-electron chi connectivity index (χ1n) is 6.05. The van der Waals surface area contributed by atoms with Gasteiger partial charge in [-0.05, 0) is 36.8 Å². The van der Waals surface area contributed by atoms with Gasteiger partial charge in [0.25, 0.3) is 0 Å². The molecule has 0 heterocycles. The maximum absolute atomic E-state index is 5.63. The number of unbranched alkanes of at least 4 members (excludes halogenated alkanes) is 1. The van der Waals surface area contributed by atoms with E-state index in [9.17, 15) is 0 Å². The zero-order valence-corrected chi connectivity index (χ0v) is 10.3. The molecule has 1 aromatic carbocycles. The molecule has 84 valence electrons. The molecule has 0 saturated heterocycles. The van der Waals surface area contributed by atoms with E-state index in [-0.39, 0.29) is 0 Å². The topological polar surface area (TPSA) is 0 Å². The largest absolute Gasteiger partial charge is 0.127 e. The molecule has 0 aromatic heterocycles. The molecule has 0 unspecified atom stereocenters. The fourth-order valence-electron chi connectivity index (χ4n) is 2.00. The van der Waals surface area contributed by atoms with Crippen LogP contribution in [0.3, 0.4) is 0 Å². The van der Waals surface area contributed by atoms with Crippen LogP contribution in [0.4, 0.5) is 0 Å². The van der Waals surface area contributed by atoms with Gasteiger partial charge in [0.2, 0.25) is 0 Å². The van der Waals surface area contributed by atoms with Crippen LogP contribution in [0.15, 0.2) is 24.3 Å². The van der Waals surface area contributed by atoms with Crippen molar-refractivity contribution in [3.05, 3.63) is 35.4 Å². The third-order valence-electron chi connectivity index (χ3n) is 3.16. The summed E-state index contributed by atoms with van der Waals surface area (Å²) in [5, 5.41) is 0. The van der Waals surface area contributed by atoms with Crippen LogP contribution >= 0.6 is 11.6 Å². The molecule has 0 bridgehead atoms. The Morgan fingerprint density at radius 3 is 2.75 bits per heavy atom. The number of hydrogen-bond donors (Lipinski definition) is 0. The molecule has 0 amide bonds. The van der Waals surface area contributed by atoms with Gasteiger partial charge in [0.1, 0.15) is 0 Å². The lowest BCUT2D eigenvalue weighted by Gasteiger charge is -2.26. The lowest BCUT2D eigenvalue weighted by molar-refractivity contribution is 0.419. The molecule has 0 atom stereocenters. The van der Waals surface area contributed by atoms with Crippen LogP contribution in [0.5, 0.6) is 0 Å². The van der Waals surface area contributed by atoms with Gasteiger partial charge in [0, 0.05) is 17.9 Å². The SMILES string of the molecule is ClCCCC#Cc1ccccc1C1CCC1. The van der Waals surface area contributed by atoms with E-state index >= 15 is 0 Å². The van der Waals surface area contributed by atoms with Gasteiger partial charge in [-0.2, -0.15) is 0 Å². The quantitative estimate of drug-likeness (QED) is 0.414. The van der Waals surface area contributed by atoms with Crippen LogP contribution in [0.1, 0.15) is 49.1 Å². The van der Waals surface area contributed by atoms with Crippen LogP contribution in [0.2, 0.25) is 0 Å². The van der Waals surface area contributed by atoms with E-state index in [2.05, 4.69) is 36.1 Å². The number of alkyl halides is 1. The molecule has 0 spiro atoms. The summed E-state index contributed by atoms with van der Waals surface area (Å²) < 4.78 is 0. The second-order valence-electron chi connectivity index (χ2n) is 4.31. The summed E-state index contributed by atoms with van der Waals surface area (Å²) in [6, 6.07) is 8.57. The highest BCUT2D eigenvalue weighted by atomic mass is 35.5. The molecule has 1 fully saturated rings. The van der Waals surface area contributed by atoms with Crippen LogP contribution < -0.4 is 0 Å². The van der Waals surface area contributed by atoms with E-state index in [1.165, 1.54) is 30.4 Å². The lowest BCUT2D eigenvalue weighted by atomic mass is 9.78. The summed E-state index contributed by atoms with van der Waals surface area (Å²) in [5.74, 6) is 7.97. The van der Waals surface area contributed by atoms with Crippen molar-refractivity contribution in [1.29, 1.82) is 0 Å². The molecule has 1 heteroatoms. The minimum absolute atomic E-state index is 0.707. The van der Waals surface area contributed by atoms with Crippen molar-refractivity contribution in [3.63, 3.8) is 0 Å². The molecular weight excluding hydrogens is 216 g/mol. The summed E-state index contributed by atoms with van der Waals surface area (Å²) in [5.41, 5.74) is 2.67. The Kier molecular flexibility index (Phi) is 4.31. The first-order valence-corrected chi connectivity index (χ1v) is 6.59. The summed E-state index contributed by atoms with van der Waals surface area (Å²) >= 11 is 5.63. The predicted octanol–water partition coefficient (Wildman–Crippen LogP) is 4.32. The van der Waals surface area contributed by atoms with Gasteiger partial charge in [-0.1, -0.05) is 36.5 Å². The number of rotatable bonds is 3. The van der Waals surface area contributed by atoms with Crippen molar-refractivity contribution in [2.45, 2.75) is 38.0 Å². The van der Waals surface area contributed by atoms with Crippen LogP contribution in [0, 0.1) is 11.8 Å². The summed E-state index contributed by atoms with van der Waals surface area (Å²) in [6.45, 7) is 0. The first kappa shape index (κ1) is 11.6. The van der Waals surface area contributed by atoms with E-state index in [0.717, 1.165) is 18.8 Å². The van der Waals surface area contributed by atoms with E-state index < -0.39 is 0 Å². The van der Waals surface area contributed by atoms with Crippen molar-refractivity contribution in [2.75, 3.05) is 5.88 Å². The fraction of sp³-hybridized carbons (Fsp3) is 0.467. The number of benzene rings is 1. The Labute approximate surface area is 103 Å². The Hall–Kier alpha value is -0.930. The highest BCUT2D eigenvalue weighted by molar-refractivity contribution is 6.17. The third-order valence-corrected chi connectivity index (χ3v) is 3.43. The average molecular weight is 233 g/mol. The summed E-state index contributed by atoms with van der Waals surface area (Å²) in [6.07, 6.45) is 5.93. The fourth-order valence-corrected chi connectivity index (χ4v) is 2.13. The second-order valence-corrected chi connectivity index (χ2v) is 4.69. The maximum Gasteiger partial charge on any atom is 0.0280 e. The van der Waals surface area contributed by atoms with Gasteiger partial charge >= 0.3 is 0 Å². The Morgan fingerprint density at radius 2 is 2.06 bits per heavy atom. The van der Waals surface area contributed by atoms with E-state index in [1.807, 2.05) is 0 Å². The summed E-state index contributed by atoms with van der Waals surface area (Å²) in [4.78, 5) is 0. The molecule has 1 aliphatic carbocycles. The maximum atomic E-state index is 5.63. The summed E-state index contributed by atoms with van der Waals surface area (Å²) in [7, 11) is 0. The first-order chi connectivity index (χ1) is 7.92. The Balaban J connectivity index is 2.08. The Morgan fingerprint density at radius 1 is 1.25 bits per heavy atom. The van der Waals surface area contributed by atoms with E-state index in [1.54, 1.807) is 0 Å². The van der Waals surface area contributed by atoms with Crippen molar-refractivity contribution in [2.24, 2.45) is 0 Å². The molecule has 1 aromatic rings. The lowest BCUT2D eigenvalue weighted by Crippen LogP contribution is -2.10. The van der Waals surface area contributed by atoms with Gasteiger partial charge in [-0.25, -0.2) is 0 Å². The highest BCUT2D eigenvalue weighted by Gasteiger charge is 2.20. The number of hydrogen-bond acceptors (Lipinski definition) is 0. The molecule has 1 saturated carbocycles.